The zero-order valence-electron chi connectivity index (χ0n) is 15.9. The standard InChI is InChI=1S/C21H18F3N3O2/c1-26-20(13-9-16(22)19(24)17(23)10-13)15-7-8-27(11-18(15)25-26)21(28)12-3-5-14(29-2)6-4-12/h3-6,9-10H,7-8,11H2,1-2H3. The van der Waals surface area contributed by atoms with E-state index in [9.17, 15) is 18.0 Å². The first-order chi connectivity index (χ1) is 13.9. The molecule has 0 saturated heterocycles. The maximum absolute atomic E-state index is 13.7. The summed E-state index contributed by atoms with van der Waals surface area (Å²) in [6, 6.07) is 8.77. The Kier molecular flexibility index (Phi) is 4.77. The molecule has 0 bridgehead atoms. The number of benzene rings is 2. The summed E-state index contributed by atoms with van der Waals surface area (Å²) in [5.41, 5.74) is 2.73. The van der Waals surface area contributed by atoms with Gasteiger partial charge in [-0.25, -0.2) is 13.2 Å². The second kappa shape index (κ2) is 7.27. The van der Waals surface area contributed by atoms with Crippen molar-refractivity contribution in [2.45, 2.75) is 13.0 Å². The molecule has 8 heteroatoms. The third-order valence-corrected chi connectivity index (χ3v) is 5.08. The molecule has 0 aliphatic carbocycles. The van der Waals surface area contributed by atoms with Gasteiger partial charge in [0.1, 0.15) is 5.75 Å². The highest BCUT2D eigenvalue weighted by atomic mass is 19.2. The Morgan fingerprint density at radius 1 is 1.10 bits per heavy atom. The predicted molar refractivity (Wildman–Crippen MR) is 100.0 cm³/mol. The normalized spacial score (nSPS) is 13.3. The minimum Gasteiger partial charge on any atom is -0.497 e. The van der Waals surface area contributed by atoms with Crippen LogP contribution in [0.3, 0.4) is 0 Å². The molecular weight excluding hydrogens is 383 g/mol. The van der Waals surface area contributed by atoms with E-state index in [2.05, 4.69) is 5.10 Å². The smallest absolute Gasteiger partial charge is 0.254 e. The van der Waals surface area contributed by atoms with E-state index in [0.29, 0.717) is 35.7 Å². The van der Waals surface area contributed by atoms with Crippen LogP contribution in [0.4, 0.5) is 13.2 Å². The molecule has 0 saturated carbocycles. The first-order valence-electron chi connectivity index (χ1n) is 9.02. The number of ether oxygens (including phenoxy) is 1. The van der Waals surface area contributed by atoms with Crippen LogP contribution in [0.25, 0.3) is 11.3 Å². The summed E-state index contributed by atoms with van der Waals surface area (Å²) < 4.78 is 47.3. The van der Waals surface area contributed by atoms with Crippen molar-refractivity contribution in [2.75, 3.05) is 13.7 Å². The molecule has 1 aromatic heterocycles. The van der Waals surface area contributed by atoms with E-state index in [0.717, 1.165) is 17.7 Å². The molecule has 1 aliphatic heterocycles. The van der Waals surface area contributed by atoms with Gasteiger partial charge in [-0.15, -0.1) is 0 Å². The number of fused-ring (bicyclic) bond motifs is 1. The Balaban J connectivity index is 1.63. The molecule has 0 N–H and O–H groups in total. The predicted octanol–water partition coefficient (Wildman–Crippen LogP) is 3.71. The molecule has 29 heavy (non-hydrogen) atoms. The topological polar surface area (TPSA) is 47.4 Å². The maximum atomic E-state index is 13.7. The van der Waals surface area contributed by atoms with Crippen LogP contribution in [0.5, 0.6) is 5.75 Å². The Hall–Kier alpha value is -3.29. The number of hydrogen-bond acceptors (Lipinski definition) is 3. The van der Waals surface area contributed by atoms with Crippen LogP contribution >= 0.6 is 0 Å². The van der Waals surface area contributed by atoms with Crippen molar-refractivity contribution in [3.05, 3.63) is 70.7 Å². The summed E-state index contributed by atoms with van der Waals surface area (Å²) in [6.45, 7) is 0.711. The fraction of sp³-hybridized carbons (Fsp3) is 0.238. The van der Waals surface area contributed by atoms with Gasteiger partial charge in [0.2, 0.25) is 0 Å². The lowest BCUT2D eigenvalue weighted by Crippen LogP contribution is -2.35. The van der Waals surface area contributed by atoms with Crippen LogP contribution in [-0.4, -0.2) is 34.2 Å². The van der Waals surface area contributed by atoms with E-state index in [1.165, 1.54) is 4.68 Å². The van der Waals surface area contributed by atoms with Gasteiger partial charge in [-0.3, -0.25) is 9.48 Å². The van der Waals surface area contributed by atoms with Gasteiger partial charge in [0, 0.05) is 30.3 Å². The van der Waals surface area contributed by atoms with Gasteiger partial charge >= 0.3 is 0 Å². The monoisotopic (exact) mass is 401 g/mol. The van der Waals surface area contributed by atoms with Crippen molar-refractivity contribution in [2.24, 2.45) is 7.05 Å². The van der Waals surface area contributed by atoms with Crippen LogP contribution in [0.15, 0.2) is 36.4 Å². The van der Waals surface area contributed by atoms with Crippen molar-refractivity contribution in [3.8, 4) is 17.0 Å². The van der Waals surface area contributed by atoms with Gasteiger partial charge in [0.25, 0.3) is 5.91 Å². The van der Waals surface area contributed by atoms with Crippen molar-refractivity contribution in [3.63, 3.8) is 0 Å². The van der Waals surface area contributed by atoms with Crippen molar-refractivity contribution in [1.29, 1.82) is 0 Å². The molecule has 1 amide bonds. The molecule has 1 aliphatic rings. The number of amides is 1. The van der Waals surface area contributed by atoms with Gasteiger partial charge in [0.15, 0.2) is 17.5 Å². The average molecular weight is 401 g/mol. The van der Waals surface area contributed by atoms with E-state index in [4.69, 9.17) is 4.74 Å². The third-order valence-electron chi connectivity index (χ3n) is 5.08. The van der Waals surface area contributed by atoms with E-state index in [1.54, 1.807) is 43.3 Å². The molecule has 0 radical (unpaired) electrons. The minimum atomic E-state index is -1.50. The van der Waals surface area contributed by atoms with Gasteiger partial charge in [0.05, 0.1) is 25.0 Å². The number of carbonyl (C=O) groups is 1. The third kappa shape index (κ3) is 3.35. The lowest BCUT2D eigenvalue weighted by atomic mass is 9.99. The van der Waals surface area contributed by atoms with Crippen LogP contribution in [-0.2, 0) is 20.0 Å². The molecule has 150 valence electrons. The number of rotatable bonds is 3. The Morgan fingerprint density at radius 2 is 1.76 bits per heavy atom. The van der Waals surface area contributed by atoms with Crippen molar-refractivity contribution in [1.82, 2.24) is 14.7 Å². The van der Waals surface area contributed by atoms with Gasteiger partial charge in [-0.05, 0) is 42.8 Å². The second-order valence-electron chi connectivity index (χ2n) is 6.86. The number of aryl methyl sites for hydroxylation is 1. The van der Waals surface area contributed by atoms with E-state index >= 15 is 0 Å². The quantitative estimate of drug-likeness (QED) is 0.629. The highest BCUT2D eigenvalue weighted by molar-refractivity contribution is 5.94. The summed E-state index contributed by atoms with van der Waals surface area (Å²) in [7, 11) is 3.21. The lowest BCUT2D eigenvalue weighted by Gasteiger charge is -2.26. The molecule has 0 fully saturated rings. The van der Waals surface area contributed by atoms with Crippen LogP contribution in [0, 0.1) is 17.5 Å². The molecule has 0 unspecified atom stereocenters. The summed E-state index contributed by atoms with van der Waals surface area (Å²) in [6.07, 6.45) is 0.473. The fourth-order valence-electron chi connectivity index (χ4n) is 3.66. The maximum Gasteiger partial charge on any atom is 0.254 e. The number of hydrogen-bond donors (Lipinski definition) is 0. The van der Waals surface area contributed by atoms with E-state index in [1.807, 2.05) is 0 Å². The zero-order valence-corrected chi connectivity index (χ0v) is 15.9. The summed E-state index contributed by atoms with van der Waals surface area (Å²) in [5, 5.41) is 4.43. The van der Waals surface area contributed by atoms with Gasteiger partial charge in [-0.1, -0.05) is 0 Å². The molecule has 4 rings (SSSR count). The van der Waals surface area contributed by atoms with Crippen molar-refractivity contribution < 1.29 is 22.7 Å². The Bertz CT molecular complexity index is 1070. The molecule has 3 aromatic rings. The SMILES string of the molecule is COc1ccc(C(=O)N2CCc3c(nn(C)c3-c3cc(F)c(F)c(F)c3)C2)cc1. The molecule has 0 spiro atoms. The van der Waals surface area contributed by atoms with Gasteiger partial charge < -0.3 is 9.64 Å². The molecule has 2 heterocycles. The van der Waals surface area contributed by atoms with Crippen molar-refractivity contribution >= 4 is 5.91 Å². The minimum absolute atomic E-state index is 0.135. The Morgan fingerprint density at radius 3 is 2.38 bits per heavy atom. The summed E-state index contributed by atoms with van der Waals surface area (Å²) in [5.74, 6) is -3.47. The second-order valence-corrected chi connectivity index (χ2v) is 6.86. The van der Waals surface area contributed by atoms with Crippen LogP contribution in [0.1, 0.15) is 21.6 Å². The van der Waals surface area contributed by atoms with Crippen LogP contribution < -0.4 is 4.74 Å². The molecule has 0 atom stereocenters. The average Bonchev–Trinajstić information content (AvgIpc) is 3.06. The highest BCUT2D eigenvalue weighted by Gasteiger charge is 2.28. The van der Waals surface area contributed by atoms with E-state index in [-0.39, 0.29) is 18.0 Å². The Labute approximate surface area is 165 Å². The number of halogens is 3. The zero-order chi connectivity index (χ0) is 20.7. The first-order valence-corrected chi connectivity index (χ1v) is 9.02. The summed E-state index contributed by atoms with van der Waals surface area (Å²) >= 11 is 0. The largest absolute Gasteiger partial charge is 0.497 e. The highest BCUT2D eigenvalue weighted by Crippen LogP contribution is 2.32. The molecular formula is C21H18F3N3O2. The summed E-state index contributed by atoms with van der Waals surface area (Å²) in [4.78, 5) is 14.5. The van der Waals surface area contributed by atoms with Gasteiger partial charge in [-0.2, -0.15) is 5.10 Å². The lowest BCUT2D eigenvalue weighted by molar-refractivity contribution is 0.0732. The number of nitrogens with zero attached hydrogens (tertiary/aromatic N) is 3. The fourth-order valence-corrected chi connectivity index (χ4v) is 3.66. The number of carbonyl (C=O) groups excluding carboxylic acids is 1. The van der Waals surface area contributed by atoms with Crippen LogP contribution in [0.2, 0.25) is 0 Å². The number of methoxy groups -OCH3 is 1. The molecule has 2 aromatic carbocycles. The van der Waals surface area contributed by atoms with E-state index < -0.39 is 17.5 Å². The first kappa shape index (κ1) is 19.0. The number of aromatic nitrogens is 2. The molecule has 5 nitrogen and oxygen atoms in total.